The van der Waals surface area contributed by atoms with E-state index in [0.29, 0.717) is 6.61 Å². The molecular weight excluding hydrogens is 182 g/mol. The number of ether oxygens (including phenoxy) is 2. The third-order valence-corrected chi connectivity index (χ3v) is 1.82. The fourth-order valence-corrected chi connectivity index (χ4v) is 1.16. The van der Waals surface area contributed by atoms with Crippen LogP contribution < -0.4 is 0 Å². The summed E-state index contributed by atoms with van der Waals surface area (Å²) in [5.41, 5.74) is -0.467. The van der Waals surface area contributed by atoms with Gasteiger partial charge in [0.15, 0.2) is 0 Å². The zero-order valence-corrected chi connectivity index (χ0v) is 8.95. The second-order valence-corrected chi connectivity index (χ2v) is 4.25. The summed E-state index contributed by atoms with van der Waals surface area (Å²) in [5.74, 6) is 0. The number of rotatable bonds is 1. The normalized spacial score (nSPS) is 22.2. The molecule has 0 aliphatic carbocycles. The molecular formula is C10H17NO3. The van der Waals surface area contributed by atoms with Gasteiger partial charge in [0, 0.05) is 0 Å². The van der Waals surface area contributed by atoms with Gasteiger partial charge in [0.05, 0.1) is 12.6 Å². The molecule has 0 aromatic rings. The first-order chi connectivity index (χ1) is 6.44. The van der Waals surface area contributed by atoms with Crippen LogP contribution in [-0.4, -0.2) is 36.0 Å². The van der Waals surface area contributed by atoms with Crippen molar-refractivity contribution in [2.45, 2.75) is 32.4 Å². The van der Waals surface area contributed by atoms with E-state index in [2.05, 4.69) is 6.58 Å². The van der Waals surface area contributed by atoms with Gasteiger partial charge in [-0.3, -0.25) is 4.90 Å². The first-order valence-corrected chi connectivity index (χ1v) is 4.64. The average Bonchev–Trinajstić information content (AvgIpc) is 2.47. The van der Waals surface area contributed by atoms with Crippen molar-refractivity contribution < 1.29 is 14.3 Å². The van der Waals surface area contributed by atoms with Crippen molar-refractivity contribution in [1.82, 2.24) is 4.90 Å². The Kier molecular flexibility index (Phi) is 3.16. The van der Waals surface area contributed by atoms with Crippen LogP contribution in [0.3, 0.4) is 0 Å². The lowest BCUT2D eigenvalue weighted by Crippen LogP contribution is -2.39. The molecule has 1 aliphatic rings. The lowest BCUT2D eigenvalue weighted by atomic mass is 10.2. The molecule has 0 N–H and O–H groups in total. The molecule has 1 atom stereocenters. The lowest BCUT2D eigenvalue weighted by Gasteiger charge is -2.25. The SMILES string of the molecule is C=C[C@@H]1COCN1C(=O)OC(C)(C)C. The summed E-state index contributed by atoms with van der Waals surface area (Å²) in [4.78, 5) is 13.1. The fourth-order valence-electron chi connectivity index (χ4n) is 1.16. The predicted octanol–water partition coefficient (Wildman–Crippen LogP) is 1.77. The summed E-state index contributed by atoms with van der Waals surface area (Å²) in [5, 5.41) is 0. The molecule has 0 unspecified atom stereocenters. The summed E-state index contributed by atoms with van der Waals surface area (Å²) in [6.45, 7) is 9.94. The molecule has 14 heavy (non-hydrogen) atoms. The van der Waals surface area contributed by atoms with Gasteiger partial charge in [-0.25, -0.2) is 4.79 Å². The number of amides is 1. The van der Waals surface area contributed by atoms with Gasteiger partial charge < -0.3 is 9.47 Å². The molecule has 4 nitrogen and oxygen atoms in total. The minimum Gasteiger partial charge on any atom is -0.444 e. The van der Waals surface area contributed by atoms with Crippen molar-refractivity contribution in [2.75, 3.05) is 13.3 Å². The van der Waals surface area contributed by atoms with Crippen LogP contribution in [0.15, 0.2) is 12.7 Å². The lowest BCUT2D eigenvalue weighted by molar-refractivity contribution is 0.0179. The summed E-state index contributed by atoms with van der Waals surface area (Å²) < 4.78 is 10.4. The highest BCUT2D eigenvalue weighted by Gasteiger charge is 2.30. The van der Waals surface area contributed by atoms with Crippen molar-refractivity contribution in [3.63, 3.8) is 0 Å². The van der Waals surface area contributed by atoms with Crippen LogP contribution >= 0.6 is 0 Å². The van der Waals surface area contributed by atoms with E-state index >= 15 is 0 Å². The van der Waals surface area contributed by atoms with E-state index in [1.807, 2.05) is 20.8 Å². The first kappa shape index (κ1) is 11.0. The summed E-state index contributed by atoms with van der Waals surface area (Å²) >= 11 is 0. The minimum atomic E-state index is -0.467. The van der Waals surface area contributed by atoms with Crippen LogP contribution in [0.1, 0.15) is 20.8 Å². The number of hydrogen-bond acceptors (Lipinski definition) is 3. The maximum absolute atomic E-state index is 11.6. The average molecular weight is 199 g/mol. The molecule has 1 amide bonds. The highest BCUT2D eigenvalue weighted by Crippen LogP contribution is 2.16. The molecule has 0 aromatic carbocycles. The van der Waals surface area contributed by atoms with Crippen molar-refractivity contribution in [1.29, 1.82) is 0 Å². The Morgan fingerprint density at radius 3 is 2.79 bits per heavy atom. The Balaban J connectivity index is 2.56. The molecule has 1 rings (SSSR count). The molecule has 0 bridgehead atoms. The fraction of sp³-hybridized carbons (Fsp3) is 0.700. The molecule has 0 spiro atoms. The molecule has 0 radical (unpaired) electrons. The number of carbonyl (C=O) groups excluding carboxylic acids is 1. The van der Waals surface area contributed by atoms with E-state index < -0.39 is 5.60 Å². The highest BCUT2D eigenvalue weighted by atomic mass is 16.6. The summed E-state index contributed by atoms with van der Waals surface area (Å²) in [6, 6.07) is -0.0650. The van der Waals surface area contributed by atoms with E-state index in [-0.39, 0.29) is 18.9 Å². The molecule has 1 fully saturated rings. The van der Waals surface area contributed by atoms with Crippen LogP contribution in [0.5, 0.6) is 0 Å². The van der Waals surface area contributed by atoms with Crippen LogP contribution in [0.4, 0.5) is 4.79 Å². The Bertz CT molecular complexity index is 232. The molecule has 0 saturated carbocycles. The van der Waals surface area contributed by atoms with Gasteiger partial charge in [-0.15, -0.1) is 6.58 Å². The maximum atomic E-state index is 11.6. The monoisotopic (exact) mass is 199 g/mol. The van der Waals surface area contributed by atoms with Gasteiger partial charge in [0.25, 0.3) is 0 Å². The second kappa shape index (κ2) is 4.00. The van der Waals surface area contributed by atoms with Gasteiger partial charge in [-0.05, 0) is 20.8 Å². The van der Waals surface area contributed by atoms with E-state index in [1.165, 1.54) is 4.90 Å². The quantitative estimate of drug-likeness (QED) is 0.604. The molecule has 1 saturated heterocycles. The Labute approximate surface area is 84.5 Å². The Hall–Kier alpha value is -1.03. The van der Waals surface area contributed by atoms with Crippen molar-refractivity contribution in [2.24, 2.45) is 0 Å². The number of hydrogen-bond donors (Lipinski definition) is 0. The Morgan fingerprint density at radius 1 is 1.64 bits per heavy atom. The third-order valence-electron chi connectivity index (χ3n) is 1.82. The zero-order valence-electron chi connectivity index (χ0n) is 8.95. The van der Waals surface area contributed by atoms with Crippen molar-refractivity contribution in [3.05, 3.63) is 12.7 Å². The maximum Gasteiger partial charge on any atom is 0.412 e. The zero-order chi connectivity index (χ0) is 10.8. The first-order valence-electron chi connectivity index (χ1n) is 4.64. The topological polar surface area (TPSA) is 38.8 Å². The number of nitrogens with zero attached hydrogens (tertiary/aromatic N) is 1. The van der Waals surface area contributed by atoms with E-state index in [9.17, 15) is 4.79 Å². The van der Waals surface area contributed by atoms with Gasteiger partial charge in [-0.2, -0.15) is 0 Å². The van der Waals surface area contributed by atoms with Gasteiger partial charge in [-0.1, -0.05) is 6.08 Å². The standard InChI is InChI=1S/C10H17NO3/c1-5-8-6-13-7-11(8)9(12)14-10(2,3)4/h5,8H,1,6-7H2,2-4H3/t8-/m1/s1. The van der Waals surface area contributed by atoms with Crippen LogP contribution in [0, 0.1) is 0 Å². The van der Waals surface area contributed by atoms with Gasteiger partial charge in [0.1, 0.15) is 12.3 Å². The van der Waals surface area contributed by atoms with Crippen LogP contribution in [0.2, 0.25) is 0 Å². The molecule has 1 heterocycles. The molecule has 4 heteroatoms. The van der Waals surface area contributed by atoms with Crippen molar-refractivity contribution >= 4 is 6.09 Å². The highest BCUT2D eigenvalue weighted by molar-refractivity contribution is 5.69. The largest absolute Gasteiger partial charge is 0.444 e. The molecule has 0 aromatic heterocycles. The summed E-state index contributed by atoms with van der Waals surface area (Å²) in [7, 11) is 0. The van der Waals surface area contributed by atoms with E-state index in [4.69, 9.17) is 9.47 Å². The summed E-state index contributed by atoms with van der Waals surface area (Å²) in [6.07, 6.45) is 1.34. The van der Waals surface area contributed by atoms with Crippen LogP contribution in [-0.2, 0) is 9.47 Å². The second-order valence-electron chi connectivity index (χ2n) is 4.25. The van der Waals surface area contributed by atoms with E-state index in [1.54, 1.807) is 6.08 Å². The van der Waals surface area contributed by atoms with Gasteiger partial charge >= 0.3 is 6.09 Å². The molecule has 80 valence electrons. The van der Waals surface area contributed by atoms with Crippen molar-refractivity contribution in [3.8, 4) is 0 Å². The molecule has 1 aliphatic heterocycles. The van der Waals surface area contributed by atoms with Crippen LogP contribution in [0.25, 0.3) is 0 Å². The predicted molar refractivity (Wildman–Crippen MR) is 52.9 cm³/mol. The Morgan fingerprint density at radius 2 is 2.29 bits per heavy atom. The van der Waals surface area contributed by atoms with E-state index in [0.717, 1.165) is 0 Å². The minimum absolute atomic E-state index is 0.0650. The number of carbonyl (C=O) groups is 1. The van der Waals surface area contributed by atoms with Gasteiger partial charge in [0.2, 0.25) is 0 Å². The smallest absolute Gasteiger partial charge is 0.412 e. The third kappa shape index (κ3) is 2.73.